The van der Waals surface area contributed by atoms with Crippen molar-refractivity contribution in [3.05, 3.63) is 66.0 Å². The summed E-state index contributed by atoms with van der Waals surface area (Å²) in [6.07, 6.45) is 1.57. The number of nitrogens with one attached hydrogen (secondary N) is 1. The fourth-order valence-electron chi connectivity index (χ4n) is 2.98. The van der Waals surface area contributed by atoms with Crippen LogP contribution in [-0.4, -0.2) is 34.1 Å². The molecular weight excluding hydrogens is 455 g/mol. The largest absolute Gasteiger partial charge is 0.382 e. The van der Waals surface area contributed by atoms with E-state index in [9.17, 15) is 4.79 Å². The number of nitrogens with two attached hydrogens (primary N) is 1. The maximum Gasteiger partial charge on any atom is 0.278 e. The van der Waals surface area contributed by atoms with E-state index >= 15 is 0 Å². The molecule has 0 saturated heterocycles. The summed E-state index contributed by atoms with van der Waals surface area (Å²) in [5.74, 6) is -0.316. The van der Waals surface area contributed by atoms with Crippen LogP contribution in [0.2, 0.25) is 0 Å². The Balaban J connectivity index is 1.68. The van der Waals surface area contributed by atoms with Gasteiger partial charge in [-0.15, -0.1) is 11.8 Å². The summed E-state index contributed by atoms with van der Waals surface area (Å²) in [7, 11) is -0.962. The number of hydrogen-bond donors (Lipinski definition) is 2. The van der Waals surface area contributed by atoms with Crippen LogP contribution >= 0.6 is 20.1 Å². The van der Waals surface area contributed by atoms with Crippen molar-refractivity contribution < 1.29 is 13.8 Å². The Morgan fingerprint density at radius 1 is 1.09 bits per heavy atom. The van der Waals surface area contributed by atoms with Gasteiger partial charge in [0.05, 0.1) is 30.1 Å². The van der Waals surface area contributed by atoms with E-state index in [1.54, 1.807) is 18.0 Å². The molecule has 0 bridgehead atoms. The van der Waals surface area contributed by atoms with Gasteiger partial charge in [-0.1, -0.05) is 29.8 Å². The molecule has 1 atom stereocenters. The number of anilines is 2. The van der Waals surface area contributed by atoms with Gasteiger partial charge in [0.2, 0.25) is 0 Å². The molecule has 7 nitrogen and oxygen atoms in total. The number of nitrogen functional groups attached to an aromatic ring is 1. The minimum absolute atomic E-state index is 0.0876. The molecule has 1 amide bonds. The first kappa shape index (κ1) is 25.1. The van der Waals surface area contributed by atoms with E-state index in [1.807, 2.05) is 69.3 Å². The first-order chi connectivity index (χ1) is 15.9. The van der Waals surface area contributed by atoms with Crippen molar-refractivity contribution in [2.75, 3.05) is 24.3 Å². The molecule has 3 rings (SSSR count). The highest BCUT2D eigenvalue weighted by Gasteiger charge is 2.20. The molecule has 9 heteroatoms. The van der Waals surface area contributed by atoms with E-state index in [4.69, 9.17) is 14.8 Å². The molecule has 0 saturated carbocycles. The zero-order valence-electron chi connectivity index (χ0n) is 19.2. The van der Waals surface area contributed by atoms with Gasteiger partial charge in [0, 0.05) is 16.1 Å². The highest BCUT2D eigenvalue weighted by molar-refractivity contribution is 8.04. The number of aryl methyl sites for hydroxylation is 1. The van der Waals surface area contributed by atoms with Crippen molar-refractivity contribution in [3.8, 4) is 11.3 Å². The number of thioether (sulfide) groups is 1. The monoisotopic (exact) mass is 484 g/mol. The lowest BCUT2D eigenvalue weighted by molar-refractivity contribution is 0.102. The van der Waals surface area contributed by atoms with Gasteiger partial charge in [-0.2, -0.15) is 0 Å². The topological polar surface area (TPSA) is 99.4 Å². The highest BCUT2D eigenvalue weighted by Crippen LogP contribution is 2.50. The Hall–Kier alpha value is -2.51. The number of nitrogens with zero attached hydrogens (tertiary/aromatic N) is 2. The van der Waals surface area contributed by atoms with Gasteiger partial charge in [-0.05, 0) is 52.0 Å². The Bertz CT molecular complexity index is 1060. The molecule has 1 heterocycles. The molecule has 0 radical (unpaired) electrons. The average Bonchev–Trinajstić information content (AvgIpc) is 2.81. The van der Waals surface area contributed by atoms with E-state index in [2.05, 4.69) is 22.2 Å². The molecule has 0 aliphatic carbocycles. The minimum atomic E-state index is -0.962. The van der Waals surface area contributed by atoms with E-state index < -0.39 is 14.3 Å². The number of amides is 1. The third-order valence-corrected chi connectivity index (χ3v) is 7.93. The first-order valence-electron chi connectivity index (χ1n) is 10.7. The normalized spacial score (nSPS) is 12.0. The van der Waals surface area contributed by atoms with Crippen molar-refractivity contribution in [2.24, 2.45) is 0 Å². The van der Waals surface area contributed by atoms with Gasteiger partial charge in [0.15, 0.2) is 19.9 Å². The highest BCUT2D eigenvalue weighted by atomic mass is 32.2. The van der Waals surface area contributed by atoms with Crippen LogP contribution in [0.15, 0.2) is 59.6 Å². The van der Waals surface area contributed by atoms with Crippen LogP contribution in [0, 0.1) is 6.92 Å². The molecule has 1 unspecified atom stereocenters. The lowest BCUT2D eigenvalue weighted by Crippen LogP contribution is -2.17. The zero-order valence-corrected chi connectivity index (χ0v) is 21.0. The molecule has 3 aromatic rings. The summed E-state index contributed by atoms with van der Waals surface area (Å²) in [4.78, 5) is 22.7. The number of rotatable bonds is 10. The van der Waals surface area contributed by atoms with Crippen LogP contribution in [0.5, 0.6) is 0 Å². The molecular formula is C24H29N4O3PS. The molecule has 33 heavy (non-hydrogen) atoms. The fraction of sp³-hybridized carbons (Fsp3) is 0.292. The summed E-state index contributed by atoms with van der Waals surface area (Å²) in [5, 5.41) is 2.85. The van der Waals surface area contributed by atoms with Crippen LogP contribution in [0.3, 0.4) is 0 Å². The number of aromatic nitrogens is 2. The van der Waals surface area contributed by atoms with Gasteiger partial charge in [0.1, 0.15) is 0 Å². The molecule has 3 N–H and O–H groups in total. The predicted octanol–water partition coefficient (Wildman–Crippen LogP) is 6.11. The smallest absolute Gasteiger partial charge is 0.278 e. The third-order valence-electron chi connectivity index (χ3n) is 4.59. The number of carbonyl (C=O) groups excluding carboxylic acids is 1. The molecule has 174 valence electrons. The van der Waals surface area contributed by atoms with E-state index in [0.717, 1.165) is 16.0 Å². The third kappa shape index (κ3) is 6.98. The Labute approximate surface area is 200 Å². The van der Waals surface area contributed by atoms with Crippen molar-refractivity contribution in [2.45, 2.75) is 37.6 Å². The molecule has 0 spiro atoms. The van der Waals surface area contributed by atoms with Gasteiger partial charge < -0.3 is 20.1 Å². The van der Waals surface area contributed by atoms with Crippen LogP contribution in [0.25, 0.3) is 11.3 Å². The predicted molar refractivity (Wildman–Crippen MR) is 137 cm³/mol. The molecule has 0 aliphatic rings. The summed E-state index contributed by atoms with van der Waals surface area (Å²) in [6, 6.07) is 15.5. The van der Waals surface area contributed by atoms with Gasteiger partial charge in [0.25, 0.3) is 5.91 Å². The Morgan fingerprint density at radius 3 is 2.33 bits per heavy atom. The first-order valence-corrected chi connectivity index (χ1v) is 12.9. The van der Waals surface area contributed by atoms with E-state index in [-0.39, 0.29) is 16.5 Å². The Kier molecular flexibility index (Phi) is 9.21. The van der Waals surface area contributed by atoms with Crippen molar-refractivity contribution in [3.63, 3.8) is 0 Å². The molecule has 2 aromatic carbocycles. The van der Waals surface area contributed by atoms with Crippen LogP contribution in [0.1, 0.15) is 36.8 Å². The minimum Gasteiger partial charge on any atom is -0.382 e. The molecule has 1 aromatic heterocycles. The Morgan fingerprint density at radius 2 is 1.73 bits per heavy atom. The van der Waals surface area contributed by atoms with Crippen LogP contribution in [-0.2, 0) is 9.05 Å². The van der Waals surface area contributed by atoms with Crippen molar-refractivity contribution in [1.82, 2.24) is 9.97 Å². The van der Waals surface area contributed by atoms with Crippen LogP contribution < -0.4 is 11.1 Å². The fourth-order valence-corrected chi connectivity index (χ4v) is 5.74. The summed E-state index contributed by atoms with van der Waals surface area (Å²) >= 11 is 1.68. The maximum atomic E-state index is 12.8. The van der Waals surface area contributed by atoms with Crippen molar-refractivity contribution in [1.29, 1.82) is 0 Å². The number of hydrogen-bond acceptors (Lipinski definition) is 7. The SMILES string of the molecule is CCOP(OCC)C(C)Sc1ccc(NC(=O)c2nc(-c3ccc(C)cc3)cnc2N)cc1. The molecule has 0 fully saturated rings. The van der Waals surface area contributed by atoms with Crippen LogP contribution in [0.4, 0.5) is 11.5 Å². The standard InChI is InChI=1S/C24H29N4O3PS/c1-5-30-32(31-6-2)17(4)33-20-13-11-19(12-14-20)27-24(29)22-23(25)26-15-21(28-22)18-9-7-16(3)8-10-18/h7-15,17H,5-6H2,1-4H3,(H2,25,26)(H,27,29). The second kappa shape index (κ2) is 12.1. The second-order valence-corrected chi connectivity index (χ2v) is 10.8. The van der Waals surface area contributed by atoms with Gasteiger partial charge in [-0.3, -0.25) is 4.79 Å². The van der Waals surface area contributed by atoms with E-state index in [1.165, 1.54) is 0 Å². The lowest BCUT2D eigenvalue weighted by Gasteiger charge is -2.22. The van der Waals surface area contributed by atoms with E-state index in [0.29, 0.717) is 24.6 Å². The number of carbonyl (C=O) groups is 1. The van der Waals surface area contributed by atoms with Gasteiger partial charge >= 0.3 is 0 Å². The lowest BCUT2D eigenvalue weighted by atomic mass is 10.1. The summed E-state index contributed by atoms with van der Waals surface area (Å²) < 4.78 is 11.5. The average molecular weight is 485 g/mol. The maximum absolute atomic E-state index is 12.8. The molecule has 0 aliphatic heterocycles. The summed E-state index contributed by atoms with van der Waals surface area (Å²) in [5.41, 5.74) is 9.30. The quantitative estimate of drug-likeness (QED) is 0.265. The second-order valence-electron chi connectivity index (χ2n) is 7.17. The summed E-state index contributed by atoms with van der Waals surface area (Å²) in [6.45, 7) is 9.30. The number of benzene rings is 2. The van der Waals surface area contributed by atoms with Gasteiger partial charge in [-0.25, -0.2) is 9.97 Å². The van der Waals surface area contributed by atoms with Crippen molar-refractivity contribution >= 4 is 37.5 Å². The zero-order chi connectivity index (χ0) is 23.8.